The summed E-state index contributed by atoms with van der Waals surface area (Å²) in [4.78, 5) is 2.67. The molecule has 0 amide bonds. The molecule has 3 heteroatoms. The first-order chi connectivity index (χ1) is 8.63. The fraction of sp³-hybridized carbons (Fsp3) is 1.00. The Morgan fingerprint density at radius 2 is 2.06 bits per heavy atom. The lowest BCUT2D eigenvalue weighted by Gasteiger charge is -2.46. The first-order valence-electron chi connectivity index (χ1n) is 7.81. The monoisotopic (exact) mass is 252 g/mol. The quantitative estimate of drug-likeness (QED) is 0.801. The predicted octanol–water partition coefficient (Wildman–Crippen LogP) is 1.74. The summed E-state index contributed by atoms with van der Waals surface area (Å²) < 4.78 is 0. The van der Waals surface area contributed by atoms with Gasteiger partial charge in [-0.15, -0.1) is 0 Å². The van der Waals surface area contributed by atoms with E-state index in [1.807, 2.05) is 0 Å². The number of rotatable bonds is 4. The highest BCUT2D eigenvalue weighted by atomic mass is 16.3. The van der Waals surface area contributed by atoms with Crippen LogP contribution in [0.3, 0.4) is 0 Å². The van der Waals surface area contributed by atoms with Crippen molar-refractivity contribution in [2.75, 3.05) is 13.1 Å². The van der Waals surface area contributed by atoms with Crippen molar-refractivity contribution >= 4 is 0 Å². The fourth-order valence-electron chi connectivity index (χ4n) is 5.09. The molecule has 4 bridgehead atoms. The summed E-state index contributed by atoms with van der Waals surface area (Å²) in [6, 6.07) is 1.14. The lowest BCUT2D eigenvalue weighted by atomic mass is 9.65. The van der Waals surface area contributed by atoms with E-state index in [0.717, 1.165) is 31.7 Å². The maximum atomic E-state index is 10.7. The summed E-state index contributed by atoms with van der Waals surface area (Å²) >= 11 is 0. The first kappa shape index (κ1) is 12.9. The van der Waals surface area contributed by atoms with Gasteiger partial charge in [0.05, 0.1) is 5.60 Å². The van der Waals surface area contributed by atoms with Gasteiger partial charge in [-0.25, -0.2) is 0 Å². The molecule has 0 radical (unpaired) electrons. The molecule has 0 aromatic rings. The van der Waals surface area contributed by atoms with E-state index in [9.17, 15) is 5.11 Å². The molecule has 2 heterocycles. The van der Waals surface area contributed by atoms with Gasteiger partial charge >= 0.3 is 0 Å². The van der Waals surface area contributed by atoms with Crippen LogP contribution in [0.25, 0.3) is 0 Å². The van der Waals surface area contributed by atoms with Gasteiger partial charge in [0.2, 0.25) is 0 Å². The number of nitrogens with zero attached hydrogens (tertiary/aromatic N) is 1. The van der Waals surface area contributed by atoms with Crippen LogP contribution in [0, 0.1) is 11.8 Å². The Balaban J connectivity index is 1.81. The molecule has 0 aromatic heterocycles. The fourth-order valence-corrected chi connectivity index (χ4v) is 5.09. The summed E-state index contributed by atoms with van der Waals surface area (Å²) in [6.45, 7) is 4.21. The largest absolute Gasteiger partial charge is 0.390 e. The molecular formula is C15H28N2O. The first-order valence-corrected chi connectivity index (χ1v) is 7.81. The molecule has 2 saturated heterocycles. The van der Waals surface area contributed by atoms with E-state index in [-0.39, 0.29) is 5.60 Å². The third-order valence-electron chi connectivity index (χ3n) is 5.53. The number of hydrogen-bond donors (Lipinski definition) is 2. The number of fused-ring (bicyclic) bond motifs is 1. The van der Waals surface area contributed by atoms with Crippen molar-refractivity contribution in [1.82, 2.24) is 4.90 Å². The highest BCUT2D eigenvalue weighted by Gasteiger charge is 2.50. The molecule has 4 fully saturated rings. The third kappa shape index (κ3) is 2.21. The molecular weight excluding hydrogens is 224 g/mol. The van der Waals surface area contributed by atoms with Gasteiger partial charge in [-0.05, 0) is 50.4 Å². The van der Waals surface area contributed by atoms with Gasteiger partial charge in [0.15, 0.2) is 0 Å². The third-order valence-corrected chi connectivity index (χ3v) is 5.53. The number of hydrogen-bond acceptors (Lipinski definition) is 3. The van der Waals surface area contributed by atoms with Gasteiger partial charge in [-0.3, -0.25) is 4.90 Å². The Morgan fingerprint density at radius 1 is 1.28 bits per heavy atom. The average Bonchev–Trinajstić information content (AvgIpc) is 2.48. The van der Waals surface area contributed by atoms with E-state index >= 15 is 0 Å². The van der Waals surface area contributed by atoms with Gasteiger partial charge < -0.3 is 10.8 Å². The van der Waals surface area contributed by atoms with Crippen LogP contribution < -0.4 is 5.73 Å². The van der Waals surface area contributed by atoms with E-state index < -0.39 is 0 Å². The molecule has 3 N–H and O–H groups in total. The van der Waals surface area contributed by atoms with Gasteiger partial charge in [0.25, 0.3) is 0 Å². The smallest absolute Gasteiger partial charge is 0.0668 e. The second-order valence-corrected chi connectivity index (χ2v) is 7.07. The van der Waals surface area contributed by atoms with Crippen LogP contribution in [0.15, 0.2) is 0 Å². The zero-order valence-electron chi connectivity index (χ0n) is 11.6. The number of nitrogens with two attached hydrogens (primary N) is 1. The standard InChI is InChI=1S/C15H28N2O/c1-2-3-13(9-16)17-10-12-4-11-5-14(17)8-15(18,6-11)7-12/h11-14,18H,2-10,16H2,1H3. The maximum Gasteiger partial charge on any atom is 0.0668 e. The van der Waals surface area contributed by atoms with E-state index in [1.165, 1.54) is 32.2 Å². The lowest BCUT2D eigenvalue weighted by Crippen LogP contribution is -2.50. The molecule has 18 heavy (non-hydrogen) atoms. The van der Waals surface area contributed by atoms with Crippen molar-refractivity contribution in [3.05, 3.63) is 0 Å². The highest BCUT2D eigenvalue weighted by Crippen LogP contribution is 2.50. The molecule has 2 aliphatic carbocycles. The van der Waals surface area contributed by atoms with Crippen LogP contribution in [-0.2, 0) is 0 Å². The molecule has 2 saturated carbocycles. The predicted molar refractivity (Wildman–Crippen MR) is 73.3 cm³/mol. The summed E-state index contributed by atoms with van der Waals surface area (Å²) in [5.74, 6) is 1.49. The number of aliphatic hydroxyl groups is 1. The topological polar surface area (TPSA) is 49.5 Å². The molecule has 2 aliphatic heterocycles. The van der Waals surface area contributed by atoms with Crippen molar-refractivity contribution in [1.29, 1.82) is 0 Å². The van der Waals surface area contributed by atoms with Crippen LogP contribution in [-0.4, -0.2) is 40.8 Å². The molecule has 0 spiro atoms. The van der Waals surface area contributed by atoms with Crippen molar-refractivity contribution in [2.24, 2.45) is 17.6 Å². The van der Waals surface area contributed by atoms with Crippen molar-refractivity contribution in [3.63, 3.8) is 0 Å². The van der Waals surface area contributed by atoms with Crippen LogP contribution >= 0.6 is 0 Å². The van der Waals surface area contributed by atoms with E-state index in [2.05, 4.69) is 11.8 Å². The van der Waals surface area contributed by atoms with Crippen molar-refractivity contribution < 1.29 is 5.11 Å². The van der Waals surface area contributed by atoms with Crippen LogP contribution in [0.1, 0.15) is 51.9 Å². The summed E-state index contributed by atoms with van der Waals surface area (Å²) in [6.07, 6.45) is 8.18. The summed E-state index contributed by atoms with van der Waals surface area (Å²) in [5.41, 5.74) is 5.66. The van der Waals surface area contributed by atoms with E-state index in [4.69, 9.17) is 5.73 Å². The van der Waals surface area contributed by atoms with Crippen molar-refractivity contribution in [3.8, 4) is 0 Å². The Hall–Kier alpha value is -0.120. The van der Waals surface area contributed by atoms with E-state index in [1.54, 1.807) is 0 Å². The molecule has 104 valence electrons. The highest BCUT2D eigenvalue weighted by molar-refractivity contribution is 5.04. The normalized spacial score (nSPS) is 45.2. The molecule has 3 nitrogen and oxygen atoms in total. The zero-order chi connectivity index (χ0) is 12.8. The van der Waals surface area contributed by atoms with Crippen molar-refractivity contribution in [2.45, 2.75) is 69.6 Å². The zero-order valence-corrected chi connectivity index (χ0v) is 11.6. The Morgan fingerprint density at radius 3 is 2.72 bits per heavy atom. The Labute approximate surface area is 111 Å². The van der Waals surface area contributed by atoms with Crippen LogP contribution in [0.4, 0.5) is 0 Å². The lowest BCUT2D eigenvalue weighted by molar-refractivity contribution is -0.0676. The minimum absolute atomic E-state index is 0.337. The van der Waals surface area contributed by atoms with Crippen LogP contribution in [0.2, 0.25) is 0 Å². The Kier molecular flexibility index (Phi) is 3.41. The molecule has 4 rings (SSSR count). The molecule has 5 unspecified atom stereocenters. The second-order valence-electron chi connectivity index (χ2n) is 7.07. The second kappa shape index (κ2) is 4.77. The molecule has 4 aliphatic rings. The molecule has 5 atom stereocenters. The van der Waals surface area contributed by atoms with Gasteiger partial charge in [-0.1, -0.05) is 13.3 Å². The average molecular weight is 252 g/mol. The molecule has 0 aromatic carbocycles. The van der Waals surface area contributed by atoms with Gasteiger partial charge in [0.1, 0.15) is 0 Å². The minimum atomic E-state index is -0.337. The summed E-state index contributed by atoms with van der Waals surface area (Å²) in [5, 5.41) is 10.7. The maximum absolute atomic E-state index is 10.7. The van der Waals surface area contributed by atoms with Crippen LogP contribution in [0.5, 0.6) is 0 Å². The van der Waals surface area contributed by atoms with E-state index in [0.29, 0.717) is 18.0 Å². The Bertz CT molecular complexity index is 309. The minimum Gasteiger partial charge on any atom is -0.390 e. The van der Waals surface area contributed by atoms with Gasteiger partial charge in [-0.2, -0.15) is 0 Å². The van der Waals surface area contributed by atoms with Gasteiger partial charge in [0, 0.05) is 25.2 Å². The summed E-state index contributed by atoms with van der Waals surface area (Å²) in [7, 11) is 0. The SMILES string of the molecule is CCCC(CN)N1CC2CC3CC1CC(O)(C3)C2.